The molecule has 26 heavy (non-hydrogen) atoms. The molecule has 0 saturated heterocycles. The molecule has 0 aliphatic rings. The number of hydrazone groups is 1. The first kappa shape index (κ1) is 19.2. The Morgan fingerprint density at radius 2 is 1.85 bits per heavy atom. The molecule has 2 aromatic rings. The summed E-state index contributed by atoms with van der Waals surface area (Å²) in [6.07, 6.45) is -0.429. The summed E-state index contributed by atoms with van der Waals surface area (Å²) in [5.74, 6) is -8.13. The topological polar surface area (TPSA) is 86.6 Å². The van der Waals surface area contributed by atoms with E-state index >= 15 is 0 Å². The van der Waals surface area contributed by atoms with Gasteiger partial charge in [0, 0.05) is 18.0 Å². The number of pyridine rings is 1. The minimum absolute atomic E-state index is 0.156. The van der Waals surface area contributed by atoms with Crippen molar-refractivity contribution in [3.63, 3.8) is 0 Å². The highest BCUT2D eigenvalue weighted by atomic mass is 19.2. The summed E-state index contributed by atoms with van der Waals surface area (Å²) in [4.78, 5) is 13.2. The molecule has 10 heteroatoms. The molecule has 0 aliphatic carbocycles. The number of carboxylic acids is 1. The van der Waals surface area contributed by atoms with Crippen molar-refractivity contribution >= 4 is 17.4 Å². The molecule has 0 spiro atoms. The third kappa shape index (κ3) is 4.08. The van der Waals surface area contributed by atoms with E-state index in [1.807, 2.05) is 5.43 Å². The lowest BCUT2D eigenvalue weighted by atomic mass is 10.0. The quantitative estimate of drug-likeness (QED) is 0.363. The van der Waals surface area contributed by atoms with Gasteiger partial charge in [0.2, 0.25) is 11.6 Å². The Labute approximate surface area is 145 Å². The third-order valence-corrected chi connectivity index (χ3v) is 3.37. The average molecular weight is 370 g/mol. The zero-order chi connectivity index (χ0) is 19.4. The Bertz CT molecular complexity index is 861. The number of aromatic nitrogens is 1. The number of rotatable bonds is 6. The van der Waals surface area contributed by atoms with Gasteiger partial charge in [-0.3, -0.25) is 5.43 Å². The summed E-state index contributed by atoms with van der Waals surface area (Å²) < 4.78 is 58.2. The number of ether oxygens (including phenoxy) is 1. The monoisotopic (exact) mass is 370 g/mol. The fourth-order valence-corrected chi connectivity index (χ4v) is 2.09. The van der Waals surface area contributed by atoms with E-state index in [9.17, 15) is 27.5 Å². The van der Waals surface area contributed by atoms with E-state index in [4.69, 9.17) is 4.74 Å². The maximum atomic E-state index is 13.5. The molecule has 0 amide bonds. The minimum Gasteiger partial charge on any atom is -0.550 e. The van der Waals surface area contributed by atoms with Crippen molar-refractivity contribution < 1.29 is 32.2 Å². The van der Waals surface area contributed by atoms with Crippen molar-refractivity contribution in [2.45, 2.75) is 13.3 Å². The standard InChI is InChI=1S/C16H13F4N3O3/c1-7(8-3-4-10(26-2)9(5-8)6-11(24)25)22-23-14-12(17)15(19)21-16(20)13(14)18/h3-5H,6H2,1-2H3,(H,21,23)(H,24,25)/p-1/b22-7-. The van der Waals surface area contributed by atoms with Crippen molar-refractivity contribution in [1.82, 2.24) is 4.98 Å². The maximum absolute atomic E-state index is 13.5. The Kier molecular flexibility index (Phi) is 5.75. The number of carbonyl (C=O) groups excluding carboxylic acids is 1. The van der Waals surface area contributed by atoms with Crippen molar-refractivity contribution in [1.29, 1.82) is 0 Å². The lowest BCUT2D eigenvalue weighted by Gasteiger charge is -2.12. The van der Waals surface area contributed by atoms with Crippen LogP contribution in [0.2, 0.25) is 0 Å². The zero-order valence-corrected chi connectivity index (χ0v) is 13.6. The number of anilines is 1. The van der Waals surface area contributed by atoms with Crippen molar-refractivity contribution in [3.05, 3.63) is 52.9 Å². The van der Waals surface area contributed by atoms with Gasteiger partial charge in [0.1, 0.15) is 11.4 Å². The number of aliphatic carboxylic acids is 1. The van der Waals surface area contributed by atoms with E-state index in [1.165, 1.54) is 32.2 Å². The van der Waals surface area contributed by atoms with Gasteiger partial charge in [-0.1, -0.05) is 0 Å². The van der Waals surface area contributed by atoms with Crippen LogP contribution in [0.4, 0.5) is 23.2 Å². The number of benzene rings is 1. The molecular formula is C16H12F4N3O3-. The number of carbonyl (C=O) groups is 1. The van der Waals surface area contributed by atoms with Gasteiger partial charge in [-0.15, -0.1) is 0 Å². The van der Waals surface area contributed by atoms with Crippen molar-refractivity contribution in [2.75, 3.05) is 12.5 Å². The lowest BCUT2D eigenvalue weighted by Crippen LogP contribution is -2.24. The molecule has 0 radical (unpaired) electrons. The van der Waals surface area contributed by atoms with Crippen LogP contribution in [-0.2, 0) is 11.2 Å². The Morgan fingerprint density at radius 1 is 1.23 bits per heavy atom. The molecule has 0 bridgehead atoms. The Morgan fingerprint density at radius 3 is 2.38 bits per heavy atom. The van der Waals surface area contributed by atoms with Crippen LogP contribution >= 0.6 is 0 Å². The molecule has 1 heterocycles. The highest BCUT2D eigenvalue weighted by Crippen LogP contribution is 2.23. The average Bonchev–Trinajstić information content (AvgIpc) is 2.59. The lowest BCUT2D eigenvalue weighted by molar-refractivity contribution is -0.304. The van der Waals surface area contributed by atoms with Gasteiger partial charge in [-0.05, 0) is 30.7 Å². The summed E-state index contributed by atoms with van der Waals surface area (Å²) >= 11 is 0. The predicted octanol–water partition coefficient (Wildman–Crippen LogP) is 1.78. The fraction of sp³-hybridized carbons (Fsp3) is 0.188. The molecule has 1 N–H and O–H groups in total. The molecule has 0 atom stereocenters. The number of halogens is 4. The first-order valence-electron chi connectivity index (χ1n) is 7.12. The second-order valence-corrected chi connectivity index (χ2v) is 5.08. The van der Waals surface area contributed by atoms with Gasteiger partial charge in [-0.2, -0.15) is 27.6 Å². The van der Waals surface area contributed by atoms with Gasteiger partial charge in [-0.25, -0.2) is 0 Å². The first-order chi connectivity index (χ1) is 12.2. The second-order valence-electron chi connectivity index (χ2n) is 5.08. The molecule has 0 aliphatic heterocycles. The molecule has 138 valence electrons. The van der Waals surface area contributed by atoms with Gasteiger partial charge in [0.25, 0.3) is 11.9 Å². The molecule has 0 unspecified atom stereocenters. The van der Waals surface area contributed by atoms with E-state index in [2.05, 4.69) is 10.1 Å². The number of hydrogen-bond donors (Lipinski definition) is 1. The molecule has 0 fully saturated rings. The Balaban J connectivity index is 2.35. The number of carboxylic acid groups (broad SMARTS) is 1. The van der Waals surface area contributed by atoms with Gasteiger partial charge in [0.15, 0.2) is 0 Å². The normalized spacial score (nSPS) is 11.4. The van der Waals surface area contributed by atoms with E-state index in [1.54, 1.807) is 0 Å². The number of methoxy groups -OCH3 is 1. The zero-order valence-electron chi connectivity index (χ0n) is 13.6. The summed E-state index contributed by atoms with van der Waals surface area (Å²) in [5, 5.41) is 14.5. The van der Waals surface area contributed by atoms with Crippen molar-refractivity contribution in [2.24, 2.45) is 5.10 Å². The largest absolute Gasteiger partial charge is 0.550 e. The first-order valence-corrected chi connectivity index (χ1v) is 7.12. The molecular weight excluding hydrogens is 358 g/mol. The molecule has 2 rings (SSSR count). The molecule has 1 aromatic carbocycles. The van der Waals surface area contributed by atoms with E-state index in [-0.39, 0.29) is 11.3 Å². The molecule has 6 nitrogen and oxygen atoms in total. The highest BCUT2D eigenvalue weighted by molar-refractivity contribution is 5.99. The van der Waals surface area contributed by atoms with Crippen LogP contribution in [0.5, 0.6) is 5.75 Å². The van der Waals surface area contributed by atoms with Crippen molar-refractivity contribution in [3.8, 4) is 5.75 Å². The number of nitrogens with one attached hydrogen (secondary N) is 1. The van der Waals surface area contributed by atoms with Crippen LogP contribution in [0.1, 0.15) is 18.1 Å². The van der Waals surface area contributed by atoms with Gasteiger partial charge < -0.3 is 14.6 Å². The third-order valence-electron chi connectivity index (χ3n) is 3.37. The van der Waals surface area contributed by atoms with Crippen LogP contribution in [0.3, 0.4) is 0 Å². The van der Waals surface area contributed by atoms with Crippen LogP contribution < -0.4 is 15.3 Å². The smallest absolute Gasteiger partial charge is 0.254 e. The predicted molar refractivity (Wildman–Crippen MR) is 81.6 cm³/mol. The second kappa shape index (κ2) is 7.81. The Hall–Kier alpha value is -3.17. The van der Waals surface area contributed by atoms with E-state index in [0.717, 1.165) is 0 Å². The van der Waals surface area contributed by atoms with Gasteiger partial charge in [0.05, 0.1) is 12.8 Å². The fourth-order valence-electron chi connectivity index (χ4n) is 2.09. The number of hydrogen-bond acceptors (Lipinski definition) is 6. The van der Waals surface area contributed by atoms with Crippen LogP contribution in [0.15, 0.2) is 23.3 Å². The summed E-state index contributed by atoms with van der Waals surface area (Å²) in [5.41, 5.74) is 1.59. The number of nitrogens with zero attached hydrogens (tertiary/aromatic N) is 2. The van der Waals surface area contributed by atoms with Gasteiger partial charge >= 0.3 is 0 Å². The van der Waals surface area contributed by atoms with Crippen LogP contribution in [0, 0.1) is 23.5 Å². The maximum Gasteiger partial charge on any atom is 0.254 e. The SMILES string of the molecule is COc1ccc(/C(C)=N\Nc2c(F)c(F)nc(F)c2F)cc1CC(=O)[O-]. The molecule has 1 aromatic heterocycles. The van der Waals surface area contributed by atoms with Crippen LogP contribution in [-0.4, -0.2) is 23.8 Å². The summed E-state index contributed by atoms with van der Waals surface area (Å²) in [6, 6.07) is 4.41. The summed E-state index contributed by atoms with van der Waals surface area (Å²) in [6.45, 7) is 1.43. The molecule has 0 saturated carbocycles. The highest BCUT2D eigenvalue weighted by Gasteiger charge is 2.20. The van der Waals surface area contributed by atoms with E-state index in [0.29, 0.717) is 11.3 Å². The minimum atomic E-state index is -1.82. The van der Waals surface area contributed by atoms with E-state index < -0.39 is 41.6 Å². The van der Waals surface area contributed by atoms with Crippen LogP contribution in [0.25, 0.3) is 0 Å². The summed E-state index contributed by atoms with van der Waals surface area (Å²) in [7, 11) is 1.36.